The number of aromatic nitrogens is 1. The van der Waals surface area contributed by atoms with Crippen LogP contribution in [0.25, 0.3) is 0 Å². The molecule has 5 nitrogen and oxygen atoms in total. The molecule has 3 aromatic rings. The number of anilines is 3. The van der Waals surface area contributed by atoms with Gasteiger partial charge in [0.1, 0.15) is 5.69 Å². The number of pyridine rings is 1. The number of hydrogen-bond donors (Lipinski definition) is 2. The van der Waals surface area contributed by atoms with E-state index in [2.05, 4.69) is 46.5 Å². The number of nitrogens with one attached hydrogen (secondary N) is 2. The van der Waals surface area contributed by atoms with Crippen molar-refractivity contribution in [2.24, 2.45) is 0 Å². The highest BCUT2D eigenvalue weighted by atomic mass is 16.1. The Morgan fingerprint density at radius 1 is 0.931 bits per heavy atom. The topological polar surface area (TPSA) is 57.3 Å². The third-order valence-corrected chi connectivity index (χ3v) is 4.85. The standard InChI is InChI=1S/C24H28N4O/c1-4-28(5-2)22-12-10-20(11-13-22)27-21-14-15-25-23(16-21)24(29)26-17-19-8-6-18(3)7-9-19/h6-16H,4-5,17H2,1-3H3,(H,25,27)(H,26,29). The Labute approximate surface area is 172 Å². The van der Waals surface area contributed by atoms with Crippen LogP contribution in [-0.2, 0) is 6.54 Å². The van der Waals surface area contributed by atoms with E-state index in [0.717, 1.165) is 30.0 Å². The van der Waals surface area contributed by atoms with Crippen LogP contribution >= 0.6 is 0 Å². The van der Waals surface area contributed by atoms with Crippen molar-refractivity contribution in [1.82, 2.24) is 10.3 Å². The summed E-state index contributed by atoms with van der Waals surface area (Å²) in [7, 11) is 0. The Morgan fingerprint density at radius 2 is 1.62 bits per heavy atom. The number of carbonyl (C=O) groups excluding carboxylic acids is 1. The van der Waals surface area contributed by atoms with Crippen molar-refractivity contribution in [3.05, 3.63) is 83.7 Å². The van der Waals surface area contributed by atoms with Gasteiger partial charge in [0, 0.05) is 42.9 Å². The molecule has 150 valence electrons. The van der Waals surface area contributed by atoms with Gasteiger partial charge in [-0.2, -0.15) is 0 Å². The van der Waals surface area contributed by atoms with E-state index >= 15 is 0 Å². The number of hydrogen-bond acceptors (Lipinski definition) is 4. The molecule has 0 aliphatic carbocycles. The lowest BCUT2D eigenvalue weighted by Crippen LogP contribution is -2.23. The van der Waals surface area contributed by atoms with Gasteiger partial charge >= 0.3 is 0 Å². The number of benzene rings is 2. The average Bonchev–Trinajstić information content (AvgIpc) is 2.75. The Bertz CT molecular complexity index is 932. The van der Waals surface area contributed by atoms with Gasteiger partial charge in [-0.3, -0.25) is 9.78 Å². The van der Waals surface area contributed by atoms with E-state index in [-0.39, 0.29) is 5.91 Å². The fourth-order valence-electron chi connectivity index (χ4n) is 3.12. The zero-order valence-corrected chi connectivity index (χ0v) is 17.3. The summed E-state index contributed by atoms with van der Waals surface area (Å²) in [4.78, 5) is 19.0. The van der Waals surface area contributed by atoms with Gasteiger partial charge in [-0.15, -0.1) is 0 Å². The van der Waals surface area contributed by atoms with Crippen LogP contribution in [0, 0.1) is 6.92 Å². The van der Waals surface area contributed by atoms with E-state index in [0.29, 0.717) is 12.2 Å². The van der Waals surface area contributed by atoms with Crippen LogP contribution in [0.4, 0.5) is 17.1 Å². The average molecular weight is 389 g/mol. The highest BCUT2D eigenvalue weighted by Crippen LogP contribution is 2.21. The van der Waals surface area contributed by atoms with Gasteiger partial charge in [0.15, 0.2) is 0 Å². The second-order valence-electron chi connectivity index (χ2n) is 6.94. The summed E-state index contributed by atoms with van der Waals surface area (Å²) in [6.07, 6.45) is 1.65. The van der Waals surface area contributed by atoms with E-state index in [1.54, 1.807) is 12.3 Å². The minimum absolute atomic E-state index is 0.189. The van der Waals surface area contributed by atoms with Crippen molar-refractivity contribution < 1.29 is 4.79 Å². The van der Waals surface area contributed by atoms with Gasteiger partial charge in [0.25, 0.3) is 5.91 Å². The van der Waals surface area contributed by atoms with E-state index < -0.39 is 0 Å². The molecule has 0 saturated heterocycles. The Morgan fingerprint density at radius 3 is 2.28 bits per heavy atom. The van der Waals surface area contributed by atoms with Crippen LogP contribution < -0.4 is 15.5 Å². The number of aryl methyl sites for hydroxylation is 1. The van der Waals surface area contributed by atoms with Gasteiger partial charge in [-0.1, -0.05) is 29.8 Å². The maximum Gasteiger partial charge on any atom is 0.270 e. The van der Waals surface area contributed by atoms with Gasteiger partial charge < -0.3 is 15.5 Å². The quantitative estimate of drug-likeness (QED) is 0.576. The third-order valence-electron chi connectivity index (χ3n) is 4.85. The zero-order chi connectivity index (χ0) is 20.6. The summed E-state index contributed by atoms with van der Waals surface area (Å²) < 4.78 is 0. The molecule has 0 unspecified atom stereocenters. The van der Waals surface area contributed by atoms with E-state index in [1.165, 1.54) is 11.3 Å². The van der Waals surface area contributed by atoms with Crippen molar-refractivity contribution in [2.45, 2.75) is 27.3 Å². The minimum atomic E-state index is -0.189. The van der Waals surface area contributed by atoms with Crippen LogP contribution in [0.15, 0.2) is 66.9 Å². The second-order valence-corrected chi connectivity index (χ2v) is 6.94. The maximum atomic E-state index is 12.5. The van der Waals surface area contributed by atoms with Crippen LogP contribution in [0.5, 0.6) is 0 Å². The van der Waals surface area contributed by atoms with Gasteiger partial charge in [0.05, 0.1) is 0 Å². The molecule has 0 spiro atoms. The third kappa shape index (κ3) is 5.57. The first-order valence-corrected chi connectivity index (χ1v) is 10.0. The molecular weight excluding hydrogens is 360 g/mol. The van der Waals surface area contributed by atoms with Crippen LogP contribution in [0.1, 0.15) is 35.5 Å². The molecule has 0 aliphatic heterocycles. The maximum absolute atomic E-state index is 12.5. The highest BCUT2D eigenvalue weighted by molar-refractivity contribution is 5.93. The summed E-state index contributed by atoms with van der Waals surface area (Å²) >= 11 is 0. The van der Waals surface area contributed by atoms with Crippen molar-refractivity contribution in [2.75, 3.05) is 23.3 Å². The lowest BCUT2D eigenvalue weighted by Gasteiger charge is -2.21. The summed E-state index contributed by atoms with van der Waals surface area (Å²) in [5.74, 6) is -0.189. The van der Waals surface area contributed by atoms with E-state index in [9.17, 15) is 4.79 Å². The van der Waals surface area contributed by atoms with Crippen LogP contribution in [-0.4, -0.2) is 24.0 Å². The predicted octanol–water partition coefficient (Wildman–Crippen LogP) is 4.91. The Balaban J connectivity index is 1.62. The molecular formula is C24H28N4O. The van der Waals surface area contributed by atoms with E-state index in [4.69, 9.17) is 0 Å². The monoisotopic (exact) mass is 388 g/mol. The van der Waals surface area contributed by atoms with Crippen molar-refractivity contribution in [3.63, 3.8) is 0 Å². The smallest absolute Gasteiger partial charge is 0.270 e. The molecule has 0 saturated carbocycles. The molecule has 0 aliphatic rings. The van der Waals surface area contributed by atoms with Crippen molar-refractivity contribution in [1.29, 1.82) is 0 Å². The molecule has 5 heteroatoms. The number of amides is 1. The SMILES string of the molecule is CCN(CC)c1ccc(Nc2ccnc(C(=O)NCc3ccc(C)cc3)c2)cc1. The summed E-state index contributed by atoms with van der Waals surface area (Å²) in [6, 6.07) is 20.0. The number of carbonyl (C=O) groups is 1. The van der Waals surface area contributed by atoms with Gasteiger partial charge in [0.2, 0.25) is 0 Å². The Hall–Kier alpha value is -3.34. The number of rotatable bonds is 8. The normalized spacial score (nSPS) is 10.4. The first-order chi connectivity index (χ1) is 14.1. The Kier molecular flexibility index (Phi) is 6.85. The molecule has 0 radical (unpaired) electrons. The highest BCUT2D eigenvalue weighted by Gasteiger charge is 2.08. The fourth-order valence-corrected chi connectivity index (χ4v) is 3.12. The lowest BCUT2D eigenvalue weighted by molar-refractivity contribution is 0.0946. The molecule has 3 rings (SSSR count). The number of nitrogens with zero attached hydrogens (tertiary/aromatic N) is 2. The molecule has 2 aromatic carbocycles. The molecule has 1 heterocycles. The second kappa shape index (κ2) is 9.73. The zero-order valence-electron chi connectivity index (χ0n) is 17.3. The molecule has 1 amide bonds. The summed E-state index contributed by atoms with van der Waals surface area (Å²) in [6.45, 7) is 8.78. The van der Waals surface area contributed by atoms with Crippen LogP contribution in [0.2, 0.25) is 0 Å². The summed E-state index contributed by atoms with van der Waals surface area (Å²) in [5, 5.41) is 6.27. The predicted molar refractivity (Wildman–Crippen MR) is 120 cm³/mol. The first kappa shape index (κ1) is 20.4. The minimum Gasteiger partial charge on any atom is -0.372 e. The molecule has 0 fully saturated rings. The molecule has 1 aromatic heterocycles. The molecule has 2 N–H and O–H groups in total. The first-order valence-electron chi connectivity index (χ1n) is 10.0. The van der Waals surface area contributed by atoms with Crippen LogP contribution in [0.3, 0.4) is 0 Å². The molecule has 0 atom stereocenters. The fraction of sp³-hybridized carbons (Fsp3) is 0.250. The van der Waals surface area contributed by atoms with Gasteiger partial charge in [-0.25, -0.2) is 0 Å². The van der Waals surface area contributed by atoms with Gasteiger partial charge in [-0.05, 0) is 62.7 Å². The van der Waals surface area contributed by atoms with Crippen molar-refractivity contribution >= 4 is 23.0 Å². The van der Waals surface area contributed by atoms with E-state index in [1.807, 2.05) is 49.4 Å². The summed E-state index contributed by atoms with van der Waals surface area (Å²) in [5.41, 5.74) is 5.65. The molecule has 0 bridgehead atoms. The molecule has 29 heavy (non-hydrogen) atoms. The largest absolute Gasteiger partial charge is 0.372 e. The lowest BCUT2D eigenvalue weighted by atomic mass is 10.1. The van der Waals surface area contributed by atoms with Crippen molar-refractivity contribution in [3.8, 4) is 0 Å².